The molecule has 1 heterocycles. The van der Waals surface area contributed by atoms with Gasteiger partial charge in [0.25, 0.3) is 0 Å². The number of nitrogens with zero attached hydrogens (tertiary/aromatic N) is 1. The normalized spacial score (nSPS) is 33.8. The van der Waals surface area contributed by atoms with Gasteiger partial charge < -0.3 is 15.7 Å². The van der Waals surface area contributed by atoms with Crippen LogP contribution in [0.3, 0.4) is 0 Å². The van der Waals surface area contributed by atoms with Gasteiger partial charge in [0.15, 0.2) is 0 Å². The molecule has 0 aromatic heterocycles. The van der Waals surface area contributed by atoms with Gasteiger partial charge in [-0.3, -0.25) is 4.79 Å². The molecule has 0 bridgehead atoms. The zero-order chi connectivity index (χ0) is 14.7. The third-order valence-electron chi connectivity index (χ3n) is 4.94. The zero-order valence-electron chi connectivity index (χ0n) is 12.3. The summed E-state index contributed by atoms with van der Waals surface area (Å²) in [7, 11) is 0. The number of carboxylic acids is 1. The molecular formula is C14H24N2O3. The molecule has 5 heteroatoms. The smallest absolute Gasteiger partial charge is 0.326 e. The van der Waals surface area contributed by atoms with Crippen LogP contribution >= 0.6 is 0 Å². The number of fused-ring (bicyclic) bond motifs is 1. The molecule has 2 fully saturated rings. The van der Waals surface area contributed by atoms with E-state index in [0.717, 1.165) is 0 Å². The van der Waals surface area contributed by atoms with Crippen molar-refractivity contribution in [3.05, 3.63) is 0 Å². The highest BCUT2D eigenvalue weighted by Crippen LogP contribution is 2.64. The van der Waals surface area contributed by atoms with Gasteiger partial charge in [-0.15, -0.1) is 0 Å². The Morgan fingerprint density at radius 2 is 1.89 bits per heavy atom. The number of aliphatic carboxylic acids is 1. The third kappa shape index (κ3) is 2.04. The molecule has 0 aromatic rings. The highest BCUT2D eigenvalue weighted by molar-refractivity contribution is 5.89. The van der Waals surface area contributed by atoms with Crippen LogP contribution in [0.1, 0.15) is 34.6 Å². The van der Waals surface area contributed by atoms with Crippen molar-refractivity contribution in [1.29, 1.82) is 0 Å². The van der Waals surface area contributed by atoms with Crippen molar-refractivity contribution >= 4 is 11.9 Å². The van der Waals surface area contributed by atoms with Gasteiger partial charge in [0.1, 0.15) is 6.04 Å². The monoisotopic (exact) mass is 268 g/mol. The number of carbonyl (C=O) groups is 2. The first kappa shape index (κ1) is 14.3. The van der Waals surface area contributed by atoms with Crippen LogP contribution in [0.5, 0.6) is 0 Å². The lowest BCUT2D eigenvalue weighted by atomic mass is 9.86. The van der Waals surface area contributed by atoms with Crippen LogP contribution in [0.4, 0.5) is 0 Å². The Hall–Kier alpha value is -1.10. The zero-order valence-corrected chi connectivity index (χ0v) is 12.3. The van der Waals surface area contributed by atoms with Crippen molar-refractivity contribution in [2.75, 3.05) is 6.54 Å². The van der Waals surface area contributed by atoms with Crippen LogP contribution in [-0.4, -0.2) is 40.5 Å². The van der Waals surface area contributed by atoms with E-state index < -0.39 is 18.1 Å². The molecule has 1 amide bonds. The Bertz CT molecular complexity index is 425. The van der Waals surface area contributed by atoms with E-state index >= 15 is 0 Å². The van der Waals surface area contributed by atoms with Gasteiger partial charge in [-0.25, -0.2) is 4.79 Å². The van der Waals surface area contributed by atoms with Crippen LogP contribution in [0, 0.1) is 22.7 Å². The van der Waals surface area contributed by atoms with Crippen molar-refractivity contribution in [2.24, 2.45) is 28.4 Å². The summed E-state index contributed by atoms with van der Waals surface area (Å²) in [5.74, 6) is -0.777. The van der Waals surface area contributed by atoms with Gasteiger partial charge in [0.2, 0.25) is 5.91 Å². The predicted octanol–water partition coefficient (Wildman–Crippen LogP) is 0.927. The molecule has 1 saturated heterocycles. The van der Waals surface area contributed by atoms with Gasteiger partial charge >= 0.3 is 5.97 Å². The Morgan fingerprint density at radius 1 is 1.37 bits per heavy atom. The van der Waals surface area contributed by atoms with Crippen LogP contribution in [0.25, 0.3) is 0 Å². The number of rotatable bonds is 2. The summed E-state index contributed by atoms with van der Waals surface area (Å²) < 4.78 is 0. The highest BCUT2D eigenvalue weighted by Gasteiger charge is 2.69. The van der Waals surface area contributed by atoms with Gasteiger partial charge in [-0.1, -0.05) is 34.6 Å². The number of likely N-dealkylation sites (tertiary alicyclic amines) is 1. The fraction of sp³-hybridized carbons (Fsp3) is 0.857. The van der Waals surface area contributed by atoms with E-state index in [1.807, 2.05) is 20.8 Å². The molecule has 19 heavy (non-hydrogen) atoms. The molecule has 1 aliphatic heterocycles. The number of hydrogen-bond acceptors (Lipinski definition) is 3. The fourth-order valence-electron chi connectivity index (χ4n) is 3.34. The number of carbonyl (C=O) groups excluding carboxylic acids is 1. The molecule has 108 valence electrons. The van der Waals surface area contributed by atoms with E-state index in [2.05, 4.69) is 13.8 Å². The summed E-state index contributed by atoms with van der Waals surface area (Å²) >= 11 is 0. The largest absolute Gasteiger partial charge is 0.480 e. The number of hydrogen-bond donors (Lipinski definition) is 2. The van der Waals surface area contributed by atoms with Gasteiger partial charge in [-0.05, 0) is 16.7 Å². The summed E-state index contributed by atoms with van der Waals surface area (Å²) in [6, 6.07) is -1.36. The lowest BCUT2D eigenvalue weighted by Crippen LogP contribution is -2.55. The van der Waals surface area contributed by atoms with E-state index in [9.17, 15) is 14.7 Å². The topological polar surface area (TPSA) is 83.6 Å². The second-order valence-corrected chi connectivity index (χ2v) is 7.57. The Morgan fingerprint density at radius 3 is 2.32 bits per heavy atom. The lowest BCUT2D eigenvalue weighted by molar-refractivity contribution is -0.151. The first-order valence-corrected chi connectivity index (χ1v) is 6.78. The Kier molecular flexibility index (Phi) is 2.97. The molecule has 1 aliphatic carbocycles. The molecule has 0 aromatic carbocycles. The summed E-state index contributed by atoms with van der Waals surface area (Å²) in [6.45, 7) is 10.4. The second-order valence-electron chi connectivity index (χ2n) is 7.57. The lowest BCUT2D eigenvalue weighted by Gasteiger charge is -2.34. The van der Waals surface area contributed by atoms with Crippen LogP contribution in [0.2, 0.25) is 0 Å². The molecule has 4 atom stereocenters. The van der Waals surface area contributed by atoms with Crippen LogP contribution < -0.4 is 5.73 Å². The van der Waals surface area contributed by atoms with Crippen LogP contribution in [0.15, 0.2) is 0 Å². The number of piperidine rings is 1. The molecule has 0 unspecified atom stereocenters. The molecule has 5 nitrogen and oxygen atoms in total. The minimum atomic E-state index is -0.910. The van der Waals surface area contributed by atoms with Crippen molar-refractivity contribution in [2.45, 2.75) is 46.7 Å². The Labute approximate surface area is 114 Å². The van der Waals surface area contributed by atoms with Gasteiger partial charge in [-0.2, -0.15) is 0 Å². The van der Waals surface area contributed by atoms with Crippen molar-refractivity contribution in [1.82, 2.24) is 4.90 Å². The minimum Gasteiger partial charge on any atom is -0.480 e. The molecule has 2 rings (SSSR count). The van der Waals surface area contributed by atoms with Crippen molar-refractivity contribution in [3.63, 3.8) is 0 Å². The molecule has 1 saturated carbocycles. The molecular weight excluding hydrogens is 244 g/mol. The Balaban J connectivity index is 2.19. The minimum absolute atomic E-state index is 0.0334. The maximum Gasteiger partial charge on any atom is 0.326 e. The predicted molar refractivity (Wildman–Crippen MR) is 71.3 cm³/mol. The molecule has 0 spiro atoms. The fourth-order valence-corrected chi connectivity index (χ4v) is 3.34. The maximum atomic E-state index is 12.4. The van der Waals surface area contributed by atoms with Gasteiger partial charge in [0, 0.05) is 12.5 Å². The summed E-state index contributed by atoms with van der Waals surface area (Å²) in [5, 5.41) is 9.41. The summed E-state index contributed by atoms with van der Waals surface area (Å²) in [5.41, 5.74) is 5.65. The van der Waals surface area contributed by atoms with E-state index in [4.69, 9.17) is 5.73 Å². The van der Waals surface area contributed by atoms with Crippen molar-refractivity contribution in [3.8, 4) is 0 Å². The molecule has 3 N–H and O–H groups in total. The first-order chi connectivity index (χ1) is 8.49. The molecule has 2 aliphatic rings. The quantitative estimate of drug-likeness (QED) is 0.780. The van der Waals surface area contributed by atoms with E-state index in [1.165, 1.54) is 4.90 Å². The average molecular weight is 268 g/mol. The van der Waals surface area contributed by atoms with Crippen LogP contribution in [-0.2, 0) is 9.59 Å². The van der Waals surface area contributed by atoms with E-state index in [1.54, 1.807) is 0 Å². The van der Waals surface area contributed by atoms with E-state index in [-0.39, 0.29) is 22.7 Å². The first-order valence-electron chi connectivity index (χ1n) is 6.78. The van der Waals surface area contributed by atoms with Gasteiger partial charge in [0.05, 0.1) is 6.04 Å². The number of nitrogens with two attached hydrogens (primary N) is 1. The standard InChI is InChI=1S/C14H24N2O3/c1-13(2,3)10(15)11(17)16-6-7-8(14(7,4)5)9(16)12(18)19/h7-10H,6,15H2,1-5H3,(H,18,19)/t7-,8-,9-,10-/m0/s1. The van der Waals surface area contributed by atoms with Crippen molar-refractivity contribution < 1.29 is 14.7 Å². The molecule has 0 radical (unpaired) electrons. The highest BCUT2D eigenvalue weighted by atomic mass is 16.4. The number of amides is 1. The third-order valence-corrected chi connectivity index (χ3v) is 4.94. The maximum absolute atomic E-state index is 12.4. The second kappa shape index (κ2) is 3.95. The van der Waals surface area contributed by atoms with E-state index in [0.29, 0.717) is 12.5 Å². The SMILES string of the molecule is CC(C)(C)[C@@H](N)C(=O)N1C[C@H]2[C@@H]([C@H]1C(=O)O)C2(C)C. The summed E-state index contributed by atoms with van der Waals surface area (Å²) in [4.78, 5) is 25.4. The number of carboxylic acid groups (broad SMARTS) is 1. The summed E-state index contributed by atoms with van der Waals surface area (Å²) in [6.07, 6.45) is 0. The average Bonchev–Trinajstić information content (AvgIpc) is 2.65.